The van der Waals surface area contributed by atoms with Gasteiger partial charge in [0.2, 0.25) is 5.95 Å². The molecule has 1 aromatic carbocycles. The number of nitrogens with one attached hydrogen (secondary N) is 1. The average Bonchev–Trinajstić information content (AvgIpc) is 3.00. The van der Waals surface area contributed by atoms with Crippen LogP contribution in [0.25, 0.3) is 11.0 Å². The number of para-hydroxylation sites is 2. The standard InChI is InChI=1S/C13H10IN5O/c14-10-6-5-9(20-10)11-17-12(15)18-13-16-7-3-1-2-4-8(7)19(11)13/h1-6,11H,(H3,15,16,17,18)/t11-/m1/s1. The fraction of sp³-hybridized carbons (Fsp3) is 0.0769. The van der Waals surface area contributed by atoms with Crippen molar-refractivity contribution in [2.24, 2.45) is 10.7 Å². The Bertz CT molecular complexity index is 834. The number of nitrogens with zero attached hydrogens (tertiary/aromatic N) is 3. The molecule has 20 heavy (non-hydrogen) atoms. The van der Waals surface area contributed by atoms with Gasteiger partial charge in [0.1, 0.15) is 0 Å². The number of hydrogen-bond donors (Lipinski definition) is 2. The van der Waals surface area contributed by atoms with E-state index in [0.717, 1.165) is 20.6 Å². The number of anilines is 1. The van der Waals surface area contributed by atoms with Crippen LogP contribution in [0.5, 0.6) is 0 Å². The normalized spacial score (nSPS) is 17.6. The zero-order valence-electron chi connectivity index (χ0n) is 10.2. The summed E-state index contributed by atoms with van der Waals surface area (Å²) >= 11 is 2.13. The number of guanidine groups is 1. The molecule has 3 aromatic rings. The van der Waals surface area contributed by atoms with Gasteiger partial charge in [-0.15, -0.1) is 0 Å². The highest BCUT2D eigenvalue weighted by molar-refractivity contribution is 14.1. The monoisotopic (exact) mass is 379 g/mol. The summed E-state index contributed by atoms with van der Waals surface area (Å²) in [6.07, 6.45) is -0.331. The number of aromatic nitrogens is 2. The minimum Gasteiger partial charge on any atom is -0.451 e. The van der Waals surface area contributed by atoms with Gasteiger partial charge in [0.15, 0.2) is 21.7 Å². The number of benzene rings is 1. The molecule has 0 spiro atoms. The van der Waals surface area contributed by atoms with Crippen molar-refractivity contribution in [3.63, 3.8) is 0 Å². The molecule has 0 saturated heterocycles. The van der Waals surface area contributed by atoms with Crippen LogP contribution in [0.3, 0.4) is 0 Å². The largest absolute Gasteiger partial charge is 0.451 e. The predicted octanol–water partition coefficient (Wildman–Crippen LogP) is 2.52. The van der Waals surface area contributed by atoms with Gasteiger partial charge >= 0.3 is 0 Å². The maximum atomic E-state index is 5.85. The third-order valence-corrected chi connectivity index (χ3v) is 3.77. The highest BCUT2D eigenvalue weighted by atomic mass is 127. The number of imidazole rings is 1. The Balaban J connectivity index is 1.98. The van der Waals surface area contributed by atoms with E-state index in [-0.39, 0.29) is 6.17 Å². The molecular formula is C13H10IN5O. The third-order valence-electron chi connectivity index (χ3n) is 3.19. The summed E-state index contributed by atoms with van der Waals surface area (Å²) in [4.78, 5) is 8.97. The van der Waals surface area contributed by atoms with Crippen molar-refractivity contribution in [1.82, 2.24) is 9.55 Å². The molecule has 1 aliphatic heterocycles. The Hall–Kier alpha value is -2.03. The average molecular weight is 379 g/mol. The highest BCUT2D eigenvalue weighted by Crippen LogP contribution is 2.33. The minimum atomic E-state index is -0.331. The number of rotatable bonds is 1. The van der Waals surface area contributed by atoms with Gasteiger partial charge in [-0.25, -0.2) is 9.98 Å². The lowest BCUT2D eigenvalue weighted by molar-refractivity contribution is 0.425. The summed E-state index contributed by atoms with van der Waals surface area (Å²) in [5.41, 5.74) is 7.73. The molecule has 7 heteroatoms. The van der Waals surface area contributed by atoms with E-state index in [4.69, 9.17) is 10.2 Å². The molecule has 0 aliphatic carbocycles. The Labute approximate surface area is 127 Å². The molecule has 4 rings (SSSR count). The van der Waals surface area contributed by atoms with Crippen molar-refractivity contribution >= 4 is 45.5 Å². The zero-order valence-corrected chi connectivity index (χ0v) is 12.4. The molecule has 3 N–H and O–H groups in total. The number of aliphatic imine (C=N–C) groups is 1. The first-order chi connectivity index (χ1) is 9.72. The summed E-state index contributed by atoms with van der Waals surface area (Å²) in [5, 5.41) is 2.99. The van der Waals surface area contributed by atoms with Crippen LogP contribution in [-0.2, 0) is 0 Å². The second-order valence-electron chi connectivity index (χ2n) is 4.45. The van der Waals surface area contributed by atoms with E-state index in [1.807, 2.05) is 41.0 Å². The third kappa shape index (κ3) is 1.69. The van der Waals surface area contributed by atoms with Crippen molar-refractivity contribution in [1.29, 1.82) is 0 Å². The van der Waals surface area contributed by atoms with Crippen LogP contribution >= 0.6 is 22.6 Å². The quantitative estimate of drug-likeness (QED) is 0.637. The minimum absolute atomic E-state index is 0.331. The van der Waals surface area contributed by atoms with Crippen LogP contribution in [0.2, 0.25) is 0 Å². The van der Waals surface area contributed by atoms with Gasteiger partial charge in [-0.05, 0) is 46.9 Å². The first-order valence-electron chi connectivity index (χ1n) is 6.05. The number of nitrogens with two attached hydrogens (primary N) is 1. The van der Waals surface area contributed by atoms with Crippen molar-refractivity contribution < 1.29 is 4.42 Å². The van der Waals surface area contributed by atoms with Gasteiger partial charge in [0, 0.05) is 0 Å². The number of hydrogen-bond acceptors (Lipinski definition) is 5. The Morgan fingerprint density at radius 3 is 2.90 bits per heavy atom. The maximum absolute atomic E-state index is 5.85. The maximum Gasteiger partial charge on any atom is 0.212 e. The topological polar surface area (TPSA) is 81.4 Å². The van der Waals surface area contributed by atoms with Crippen molar-refractivity contribution in [2.75, 3.05) is 5.32 Å². The summed E-state index contributed by atoms with van der Waals surface area (Å²) in [5.74, 6) is 1.75. The van der Waals surface area contributed by atoms with Gasteiger partial charge in [0.05, 0.1) is 11.0 Å². The van der Waals surface area contributed by atoms with Crippen molar-refractivity contribution in [3.05, 3.63) is 45.9 Å². The Kier molecular flexibility index (Phi) is 2.49. The van der Waals surface area contributed by atoms with Crippen LogP contribution < -0.4 is 11.1 Å². The van der Waals surface area contributed by atoms with Crippen LogP contribution in [-0.4, -0.2) is 15.5 Å². The van der Waals surface area contributed by atoms with E-state index in [1.54, 1.807) is 0 Å². The number of furan rings is 1. The molecule has 0 amide bonds. The molecule has 0 unspecified atom stereocenters. The second-order valence-corrected chi connectivity index (χ2v) is 5.51. The van der Waals surface area contributed by atoms with Crippen LogP contribution in [0.1, 0.15) is 11.9 Å². The van der Waals surface area contributed by atoms with E-state index in [1.165, 1.54) is 0 Å². The fourth-order valence-electron chi connectivity index (χ4n) is 2.37. The first-order valence-corrected chi connectivity index (χ1v) is 7.13. The molecule has 1 atom stereocenters. The molecule has 0 radical (unpaired) electrons. The van der Waals surface area contributed by atoms with E-state index in [9.17, 15) is 0 Å². The molecule has 100 valence electrons. The van der Waals surface area contributed by atoms with E-state index >= 15 is 0 Å². The molecule has 0 fully saturated rings. The summed E-state index contributed by atoms with van der Waals surface area (Å²) < 4.78 is 8.50. The smallest absolute Gasteiger partial charge is 0.212 e. The fourth-order valence-corrected chi connectivity index (χ4v) is 2.81. The molecule has 0 bridgehead atoms. The summed E-state index contributed by atoms with van der Waals surface area (Å²) in [7, 11) is 0. The number of fused-ring (bicyclic) bond motifs is 3. The van der Waals surface area contributed by atoms with Crippen molar-refractivity contribution in [3.8, 4) is 0 Å². The second kappa shape index (κ2) is 4.23. The van der Waals surface area contributed by atoms with E-state index in [2.05, 4.69) is 37.9 Å². The lowest BCUT2D eigenvalue weighted by atomic mass is 10.3. The lowest BCUT2D eigenvalue weighted by Gasteiger charge is -2.21. The predicted molar refractivity (Wildman–Crippen MR) is 84.5 cm³/mol. The number of halogens is 1. The summed E-state index contributed by atoms with van der Waals surface area (Å²) in [6, 6.07) is 11.7. The van der Waals surface area contributed by atoms with Gasteiger partial charge in [-0.1, -0.05) is 12.1 Å². The molecule has 2 aromatic heterocycles. The molecule has 6 nitrogen and oxygen atoms in total. The Morgan fingerprint density at radius 2 is 2.10 bits per heavy atom. The molecule has 1 aliphatic rings. The van der Waals surface area contributed by atoms with Gasteiger partial charge in [-0.3, -0.25) is 9.88 Å². The van der Waals surface area contributed by atoms with Crippen LogP contribution in [0.4, 0.5) is 5.95 Å². The van der Waals surface area contributed by atoms with Crippen molar-refractivity contribution in [2.45, 2.75) is 6.17 Å². The van der Waals surface area contributed by atoms with E-state index in [0.29, 0.717) is 11.9 Å². The van der Waals surface area contributed by atoms with Gasteiger partial charge < -0.3 is 10.2 Å². The lowest BCUT2D eigenvalue weighted by Crippen LogP contribution is -2.31. The molecular weight excluding hydrogens is 369 g/mol. The Morgan fingerprint density at radius 1 is 1.25 bits per heavy atom. The van der Waals surface area contributed by atoms with E-state index < -0.39 is 0 Å². The SMILES string of the molecule is NC1=N[C@@H](c2ccc(I)o2)n2c(nc3ccccc32)N1. The molecule has 0 saturated carbocycles. The van der Waals surface area contributed by atoms with Gasteiger partial charge in [-0.2, -0.15) is 0 Å². The summed E-state index contributed by atoms with van der Waals surface area (Å²) in [6.45, 7) is 0. The highest BCUT2D eigenvalue weighted by Gasteiger charge is 2.27. The molecule has 3 heterocycles. The zero-order chi connectivity index (χ0) is 13.7. The van der Waals surface area contributed by atoms with Crippen LogP contribution in [0, 0.1) is 3.77 Å². The first kappa shape index (κ1) is 11.8. The van der Waals surface area contributed by atoms with Gasteiger partial charge in [0.25, 0.3) is 0 Å². The van der Waals surface area contributed by atoms with Crippen LogP contribution in [0.15, 0.2) is 45.8 Å².